The topological polar surface area (TPSA) is 44.8 Å². The SMILES string of the molecule is O=C(NCCc1ccccc1)N1CCCC(N2CCOCC2)C1. The number of rotatable bonds is 4. The van der Waals surface area contributed by atoms with Crippen LogP contribution in [0.5, 0.6) is 0 Å². The van der Waals surface area contributed by atoms with Crippen LogP contribution >= 0.6 is 0 Å². The Morgan fingerprint density at radius 3 is 2.74 bits per heavy atom. The Morgan fingerprint density at radius 2 is 1.96 bits per heavy atom. The highest BCUT2D eigenvalue weighted by molar-refractivity contribution is 5.74. The molecule has 0 spiro atoms. The first-order valence-electron chi connectivity index (χ1n) is 8.71. The first kappa shape index (κ1) is 16.3. The van der Waals surface area contributed by atoms with Gasteiger partial charge in [0.15, 0.2) is 0 Å². The van der Waals surface area contributed by atoms with Crippen LogP contribution in [-0.4, -0.2) is 67.8 Å². The second kappa shape index (κ2) is 8.31. The Labute approximate surface area is 138 Å². The fraction of sp³-hybridized carbons (Fsp3) is 0.611. The molecule has 2 amide bonds. The number of amides is 2. The van der Waals surface area contributed by atoms with Gasteiger partial charge in [-0.2, -0.15) is 0 Å². The Kier molecular flexibility index (Phi) is 5.88. The van der Waals surface area contributed by atoms with E-state index in [1.54, 1.807) is 0 Å². The molecule has 2 heterocycles. The average molecular weight is 317 g/mol. The molecule has 0 saturated carbocycles. The Balaban J connectivity index is 1.43. The number of nitrogens with zero attached hydrogens (tertiary/aromatic N) is 2. The number of piperidine rings is 1. The number of benzene rings is 1. The number of ether oxygens (including phenoxy) is 1. The molecule has 23 heavy (non-hydrogen) atoms. The third-order valence-electron chi connectivity index (χ3n) is 4.78. The quantitative estimate of drug-likeness (QED) is 0.920. The maximum Gasteiger partial charge on any atom is 0.317 e. The van der Waals surface area contributed by atoms with Crippen LogP contribution in [0.4, 0.5) is 4.79 Å². The molecule has 1 unspecified atom stereocenters. The number of likely N-dealkylation sites (tertiary alicyclic amines) is 1. The van der Waals surface area contributed by atoms with E-state index in [4.69, 9.17) is 4.74 Å². The van der Waals surface area contributed by atoms with Crippen LogP contribution in [0.15, 0.2) is 30.3 Å². The molecule has 0 aromatic heterocycles. The monoisotopic (exact) mass is 317 g/mol. The zero-order chi connectivity index (χ0) is 15.9. The molecule has 1 aromatic rings. The summed E-state index contributed by atoms with van der Waals surface area (Å²) in [5.41, 5.74) is 1.26. The fourth-order valence-corrected chi connectivity index (χ4v) is 3.45. The highest BCUT2D eigenvalue weighted by Gasteiger charge is 2.28. The molecule has 5 nitrogen and oxygen atoms in total. The standard InChI is InChI=1S/C18H27N3O2/c22-18(19-9-8-16-5-2-1-3-6-16)21-10-4-7-17(15-21)20-11-13-23-14-12-20/h1-3,5-6,17H,4,7-15H2,(H,19,22). The van der Waals surface area contributed by atoms with E-state index in [9.17, 15) is 4.79 Å². The zero-order valence-electron chi connectivity index (χ0n) is 13.7. The van der Waals surface area contributed by atoms with Crippen molar-refractivity contribution < 1.29 is 9.53 Å². The van der Waals surface area contributed by atoms with Crippen molar-refractivity contribution in [2.24, 2.45) is 0 Å². The Morgan fingerprint density at radius 1 is 1.17 bits per heavy atom. The van der Waals surface area contributed by atoms with Crippen molar-refractivity contribution in [3.8, 4) is 0 Å². The van der Waals surface area contributed by atoms with Crippen molar-refractivity contribution in [3.63, 3.8) is 0 Å². The molecule has 2 aliphatic heterocycles. The summed E-state index contributed by atoms with van der Waals surface area (Å²) in [4.78, 5) is 16.8. The number of carbonyl (C=O) groups is 1. The maximum atomic E-state index is 12.4. The molecule has 2 saturated heterocycles. The zero-order valence-corrected chi connectivity index (χ0v) is 13.7. The predicted octanol–water partition coefficient (Wildman–Crippen LogP) is 1.74. The third-order valence-corrected chi connectivity index (χ3v) is 4.78. The van der Waals surface area contributed by atoms with Gasteiger partial charge in [-0.1, -0.05) is 30.3 Å². The molecule has 1 N–H and O–H groups in total. The van der Waals surface area contributed by atoms with E-state index in [1.165, 1.54) is 12.0 Å². The summed E-state index contributed by atoms with van der Waals surface area (Å²) in [6.45, 7) is 6.04. The van der Waals surface area contributed by atoms with E-state index < -0.39 is 0 Å². The minimum absolute atomic E-state index is 0.0823. The second-order valence-corrected chi connectivity index (χ2v) is 6.36. The van der Waals surface area contributed by atoms with Crippen LogP contribution in [0.2, 0.25) is 0 Å². The van der Waals surface area contributed by atoms with Crippen molar-refractivity contribution in [2.45, 2.75) is 25.3 Å². The molecule has 5 heteroatoms. The highest BCUT2D eigenvalue weighted by atomic mass is 16.5. The van der Waals surface area contributed by atoms with Crippen molar-refractivity contribution in [3.05, 3.63) is 35.9 Å². The minimum atomic E-state index is 0.0823. The van der Waals surface area contributed by atoms with E-state index in [-0.39, 0.29) is 6.03 Å². The largest absolute Gasteiger partial charge is 0.379 e. The first-order chi connectivity index (χ1) is 11.3. The lowest BCUT2D eigenvalue weighted by Crippen LogP contribution is -2.54. The Hall–Kier alpha value is -1.59. The minimum Gasteiger partial charge on any atom is -0.379 e. The molecule has 2 fully saturated rings. The van der Waals surface area contributed by atoms with Crippen molar-refractivity contribution in [2.75, 3.05) is 45.9 Å². The van der Waals surface area contributed by atoms with Crippen molar-refractivity contribution >= 4 is 6.03 Å². The van der Waals surface area contributed by atoms with Gasteiger partial charge in [-0.3, -0.25) is 4.90 Å². The molecule has 1 aromatic carbocycles. The van der Waals surface area contributed by atoms with E-state index in [0.717, 1.165) is 52.2 Å². The molecule has 3 rings (SSSR count). The molecule has 126 valence electrons. The predicted molar refractivity (Wildman–Crippen MR) is 90.5 cm³/mol. The highest BCUT2D eigenvalue weighted by Crippen LogP contribution is 2.17. The average Bonchev–Trinajstić information content (AvgIpc) is 2.63. The lowest BCUT2D eigenvalue weighted by atomic mass is 10.0. The van der Waals surface area contributed by atoms with Gasteiger partial charge in [0.2, 0.25) is 0 Å². The molecule has 0 bridgehead atoms. The van der Waals surface area contributed by atoms with Gasteiger partial charge in [-0.05, 0) is 24.8 Å². The summed E-state index contributed by atoms with van der Waals surface area (Å²) < 4.78 is 5.43. The number of urea groups is 1. The smallest absolute Gasteiger partial charge is 0.317 e. The summed E-state index contributed by atoms with van der Waals surface area (Å²) in [7, 11) is 0. The van der Waals surface area contributed by atoms with Gasteiger partial charge >= 0.3 is 6.03 Å². The molecule has 0 radical (unpaired) electrons. The first-order valence-corrected chi connectivity index (χ1v) is 8.71. The lowest BCUT2D eigenvalue weighted by Gasteiger charge is -2.40. The van der Waals surface area contributed by atoms with Gasteiger partial charge in [0.25, 0.3) is 0 Å². The molecule has 0 aliphatic carbocycles. The summed E-state index contributed by atoms with van der Waals surface area (Å²) in [5.74, 6) is 0. The summed E-state index contributed by atoms with van der Waals surface area (Å²) in [5, 5.41) is 3.07. The number of carbonyl (C=O) groups excluding carboxylic acids is 1. The normalized spacial score (nSPS) is 22.8. The van der Waals surface area contributed by atoms with E-state index in [2.05, 4.69) is 22.3 Å². The lowest BCUT2D eigenvalue weighted by molar-refractivity contribution is 0.00192. The van der Waals surface area contributed by atoms with Crippen LogP contribution in [0.3, 0.4) is 0 Å². The van der Waals surface area contributed by atoms with Crippen molar-refractivity contribution in [1.82, 2.24) is 15.1 Å². The Bertz CT molecular complexity index is 488. The van der Waals surface area contributed by atoms with Crippen molar-refractivity contribution in [1.29, 1.82) is 0 Å². The molecule has 1 atom stereocenters. The third kappa shape index (κ3) is 4.69. The summed E-state index contributed by atoms with van der Waals surface area (Å²) >= 11 is 0. The molecule has 2 aliphatic rings. The van der Waals surface area contributed by atoms with E-state index in [1.807, 2.05) is 23.1 Å². The van der Waals surface area contributed by atoms with Gasteiger partial charge in [0.1, 0.15) is 0 Å². The summed E-state index contributed by atoms with van der Waals surface area (Å²) in [6, 6.07) is 10.9. The molecular formula is C18H27N3O2. The van der Waals surface area contributed by atoms with E-state index in [0.29, 0.717) is 12.6 Å². The van der Waals surface area contributed by atoms with Gasteiger partial charge in [-0.25, -0.2) is 4.79 Å². The fourth-order valence-electron chi connectivity index (χ4n) is 3.45. The van der Waals surface area contributed by atoms with Crippen LogP contribution in [0, 0.1) is 0 Å². The number of hydrogen-bond acceptors (Lipinski definition) is 3. The number of nitrogens with one attached hydrogen (secondary N) is 1. The van der Waals surface area contributed by atoms with Gasteiger partial charge in [-0.15, -0.1) is 0 Å². The van der Waals surface area contributed by atoms with Crippen LogP contribution in [0.25, 0.3) is 0 Å². The van der Waals surface area contributed by atoms with Gasteiger partial charge in [0.05, 0.1) is 13.2 Å². The number of hydrogen-bond donors (Lipinski definition) is 1. The number of morpholine rings is 1. The van der Waals surface area contributed by atoms with Gasteiger partial charge < -0.3 is 15.0 Å². The van der Waals surface area contributed by atoms with E-state index >= 15 is 0 Å². The molecular weight excluding hydrogens is 290 g/mol. The summed E-state index contributed by atoms with van der Waals surface area (Å²) in [6.07, 6.45) is 3.16. The second-order valence-electron chi connectivity index (χ2n) is 6.36. The van der Waals surface area contributed by atoms with Crippen LogP contribution in [0.1, 0.15) is 18.4 Å². The van der Waals surface area contributed by atoms with Crippen LogP contribution < -0.4 is 5.32 Å². The maximum absolute atomic E-state index is 12.4. The van der Waals surface area contributed by atoms with Crippen LogP contribution in [-0.2, 0) is 11.2 Å². The van der Waals surface area contributed by atoms with Gasteiger partial charge in [0, 0.05) is 38.8 Å².